The number of halogens is 3. The Kier molecular flexibility index (Phi) is 5.40. The summed E-state index contributed by atoms with van der Waals surface area (Å²) in [4.78, 5) is 20.0. The molecule has 36 heavy (non-hydrogen) atoms. The molecule has 1 N–H and O–H groups in total. The van der Waals surface area contributed by atoms with Crippen molar-refractivity contribution >= 4 is 28.2 Å². The topological polar surface area (TPSA) is 57.7 Å². The SMILES string of the molecule is O=C(NN1CCOc2ccccc21)c1cnc2c(-c3cc(F)cc(F)c3F)cccc2c1N1CCC1.[HH]. The molecule has 6 rings (SSSR count). The van der Waals surface area contributed by atoms with Crippen LogP contribution < -0.4 is 20.1 Å². The van der Waals surface area contributed by atoms with Crippen molar-refractivity contribution in [3.63, 3.8) is 0 Å². The molecule has 1 fully saturated rings. The number of nitrogens with one attached hydrogen (secondary N) is 1. The van der Waals surface area contributed by atoms with Gasteiger partial charge in [0.25, 0.3) is 5.91 Å². The lowest BCUT2D eigenvalue weighted by molar-refractivity contribution is 0.0945. The fraction of sp³-hybridized carbons (Fsp3) is 0.185. The quantitative estimate of drug-likeness (QED) is 0.391. The van der Waals surface area contributed by atoms with Crippen LogP contribution >= 0.6 is 0 Å². The first kappa shape index (κ1) is 22.2. The van der Waals surface area contributed by atoms with Crippen molar-refractivity contribution in [2.75, 3.05) is 36.1 Å². The zero-order valence-electron chi connectivity index (χ0n) is 19.1. The predicted molar refractivity (Wildman–Crippen MR) is 133 cm³/mol. The second-order valence-electron chi connectivity index (χ2n) is 8.72. The number of nitrogens with zero attached hydrogens (tertiary/aromatic N) is 3. The lowest BCUT2D eigenvalue weighted by Gasteiger charge is -2.36. The number of pyridine rings is 1. The molecule has 1 amide bonds. The molecule has 0 spiro atoms. The predicted octanol–water partition coefficient (Wildman–Crippen LogP) is 5.32. The smallest absolute Gasteiger partial charge is 0.273 e. The maximum Gasteiger partial charge on any atom is 0.273 e. The van der Waals surface area contributed by atoms with Crippen molar-refractivity contribution in [3.8, 4) is 16.9 Å². The third-order valence-electron chi connectivity index (χ3n) is 6.53. The molecule has 0 radical (unpaired) electrons. The number of amides is 1. The number of hydrogen-bond acceptors (Lipinski definition) is 5. The fourth-order valence-electron chi connectivity index (χ4n) is 4.69. The number of carbonyl (C=O) groups excluding carboxylic acids is 1. The average Bonchev–Trinajstić information content (AvgIpc) is 2.85. The molecule has 4 aromatic rings. The van der Waals surface area contributed by atoms with E-state index in [0.717, 1.165) is 31.3 Å². The molecule has 2 aliphatic rings. The Morgan fingerprint density at radius 2 is 1.83 bits per heavy atom. The van der Waals surface area contributed by atoms with E-state index in [1.165, 1.54) is 6.20 Å². The molecule has 1 aromatic heterocycles. The highest BCUT2D eigenvalue weighted by Gasteiger charge is 2.28. The monoisotopic (exact) mass is 492 g/mol. The van der Waals surface area contributed by atoms with Crippen LogP contribution in [-0.4, -0.2) is 37.1 Å². The van der Waals surface area contributed by atoms with E-state index >= 15 is 0 Å². The van der Waals surface area contributed by atoms with E-state index in [1.807, 2.05) is 24.3 Å². The van der Waals surface area contributed by atoms with Crippen LogP contribution in [0.5, 0.6) is 5.75 Å². The fourth-order valence-corrected chi connectivity index (χ4v) is 4.69. The highest BCUT2D eigenvalue weighted by Crippen LogP contribution is 2.38. The number of hydrazine groups is 1. The molecule has 0 saturated carbocycles. The molecule has 2 aliphatic heterocycles. The van der Waals surface area contributed by atoms with E-state index in [9.17, 15) is 18.0 Å². The van der Waals surface area contributed by atoms with Crippen LogP contribution in [0.3, 0.4) is 0 Å². The number of benzene rings is 3. The number of para-hydroxylation sites is 3. The first-order valence-electron chi connectivity index (χ1n) is 11.6. The van der Waals surface area contributed by atoms with Crippen molar-refractivity contribution in [2.45, 2.75) is 6.42 Å². The normalized spacial score (nSPS) is 14.8. The maximum atomic E-state index is 14.7. The van der Waals surface area contributed by atoms with Gasteiger partial charge in [0, 0.05) is 43.3 Å². The molecule has 1 saturated heterocycles. The summed E-state index contributed by atoms with van der Waals surface area (Å²) in [7, 11) is 0. The summed E-state index contributed by atoms with van der Waals surface area (Å²) in [5.41, 5.74) is 5.11. The Balaban J connectivity index is 0.00000280. The second-order valence-corrected chi connectivity index (χ2v) is 8.72. The minimum atomic E-state index is -1.27. The van der Waals surface area contributed by atoms with Gasteiger partial charge < -0.3 is 9.64 Å². The van der Waals surface area contributed by atoms with Crippen LogP contribution in [0.25, 0.3) is 22.0 Å². The summed E-state index contributed by atoms with van der Waals surface area (Å²) in [5, 5.41) is 2.35. The number of hydrogen-bond donors (Lipinski definition) is 1. The molecule has 0 bridgehead atoms. The molecule has 184 valence electrons. The third-order valence-corrected chi connectivity index (χ3v) is 6.53. The molecule has 0 atom stereocenters. The Morgan fingerprint density at radius 3 is 2.64 bits per heavy atom. The summed E-state index contributed by atoms with van der Waals surface area (Å²) in [6, 6.07) is 13.9. The Morgan fingerprint density at radius 1 is 1.00 bits per heavy atom. The molecule has 3 heterocycles. The molecular weight excluding hydrogens is 469 g/mol. The van der Waals surface area contributed by atoms with E-state index in [0.29, 0.717) is 47.1 Å². The van der Waals surface area contributed by atoms with Crippen LogP contribution in [0.2, 0.25) is 0 Å². The number of carbonyl (C=O) groups is 1. The van der Waals surface area contributed by atoms with Gasteiger partial charge >= 0.3 is 0 Å². The highest BCUT2D eigenvalue weighted by molar-refractivity contribution is 6.10. The van der Waals surface area contributed by atoms with Crippen LogP contribution in [0, 0.1) is 17.5 Å². The van der Waals surface area contributed by atoms with Gasteiger partial charge in [0.15, 0.2) is 11.6 Å². The summed E-state index contributed by atoms with van der Waals surface area (Å²) in [6.45, 7) is 2.38. The number of ether oxygens (including phenoxy) is 1. The van der Waals surface area contributed by atoms with Gasteiger partial charge in [0.2, 0.25) is 0 Å². The second kappa shape index (κ2) is 8.75. The van der Waals surface area contributed by atoms with E-state index in [2.05, 4.69) is 15.3 Å². The number of anilines is 2. The Labute approximate surface area is 206 Å². The number of rotatable bonds is 4. The summed E-state index contributed by atoms with van der Waals surface area (Å²) in [6.07, 6.45) is 2.40. The first-order chi connectivity index (χ1) is 17.5. The van der Waals surface area contributed by atoms with Crippen LogP contribution in [-0.2, 0) is 0 Å². The summed E-state index contributed by atoms with van der Waals surface area (Å²) < 4.78 is 48.3. The average molecular weight is 493 g/mol. The van der Waals surface area contributed by atoms with Gasteiger partial charge in [0.05, 0.1) is 29.0 Å². The Bertz CT molecular complexity index is 1510. The first-order valence-corrected chi connectivity index (χ1v) is 11.6. The van der Waals surface area contributed by atoms with Crippen LogP contribution in [0.1, 0.15) is 18.2 Å². The molecule has 0 unspecified atom stereocenters. The molecular formula is C27H23F3N4O2. The van der Waals surface area contributed by atoms with Crippen molar-refractivity contribution in [2.24, 2.45) is 0 Å². The van der Waals surface area contributed by atoms with Crippen LogP contribution in [0.4, 0.5) is 24.5 Å². The van der Waals surface area contributed by atoms with Crippen molar-refractivity contribution in [3.05, 3.63) is 83.8 Å². The van der Waals surface area contributed by atoms with Gasteiger partial charge in [-0.2, -0.15) is 0 Å². The molecule has 0 aliphatic carbocycles. The molecule has 9 heteroatoms. The summed E-state index contributed by atoms with van der Waals surface area (Å²) in [5.74, 6) is -2.98. The lowest BCUT2D eigenvalue weighted by atomic mass is 9.97. The van der Waals surface area contributed by atoms with Crippen molar-refractivity contribution in [1.82, 2.24) is 10.4 Å². The minimum absolute atomic E-state index is 0. The zero-order chi connectivity index (χ0) is 24.8. The van der Waals surface area contributed by atoms with Crippen molar-refractivity contribution in [1.29, 1.82) is 0 Å². The van der Waals surface area contributed by atoms with Crippen molar-refractivity contribution < 1.29 is 24.1 Å². The standard InChI is InChI=1S/C27H21F3N4O2.H2/c28-16-13-19(24(30)21(29)14-16)17-5-3-6-18-25(17)31-15-20(26(18)33-9-4-10-33)27(35)32-34-11-12-36-23-8-2-1-7-22(23)34;/h1-3,5-8,13-15H,4,9-12H2,(H,32,35);1H. The number of aromatic nitrogens is 1. The van der Waals surface area contributed by atoms with E-state index in [1.54, 1.807) is 23.2 Å². The molecule has 3 aromatic carbocycles. The van der Waals surface area contributed by atoms with Gasteiger partial charge in [-0.1, -0.05) is 30.3 Å². The Hall–Kier alpha value is -4.27. The molecule has 6 nitrogen and oxygen atoms in total. The van der Waals surface area contributed by atoms with Gasteiger partial charge in [-0.05, 0) is 24.6 Å². The van der Waals surface area contributed by atoms with E-state index < -0.39 is 17.5 Å². The largest absolute Gasteiger partial charge is 0.489 e. The van der Waals surface area contributed by atoms with Crippen LogP contribution in [0.15, 0.2) is 60.8 Å². The van der Waals surface area contributed by atoms with E-state index in [-0.39, 0.29) is 18.5 Å². The maximum absolute atomic E-state index is 14.7. The number of fused-ring (bicyclic) bond motifs is 2. The van der Waals surface area contributed by atoms with E-state index in [4.69, 9.17) is 4.74 Å². The van der Waals surface area contributed by atoms with Gasteiger partial charge in [-0.25, -0.2) is 13.2 Å². The van der Waals surface area contributed by atoms with Gasteiger partial charge in [-0.3, -0.25) is 20.2 Å². The summed E-state index contributed by atoms with van der Waals surface area (Å²) >= 11 is 0. The van der Waals surface area contributed by atoms with Gasteiger partial charge in [-0.15, -0.1) is 0 Å². The van der Waals surface area contributed by atoms with Gasteiger partial charge in [0.1, 0.15) is 18.2 Å². The third kappa shape index (κ3) is 3.67. The minimum Gasteiger partial charge on any atom is -0.489 e. The lowest BCUT2D eigenvalue weighted by Crippen LogP contribution is -2.47. The highest BCUT2D eigenvalue weighted by atomic mass is 19.2. The zero-order valence-corrected chi connectivity index (χ0v) is 19.1.